The van der Waals surface area contributed by atoms with Gasteiger partial charge in [0, 0.05) is 13.3 Å². The van der Waals surface area contributed by atoms with E-state index < -0.39 is 0 Å². The number of hydrogen-bond acceptors (Lipinski definition) is 4. The molecule has 0 aromatic carbocycles. The highest BCUT2D eigenvalue weighted by atomic mass is 16.5. The van der Waals surface area contributed by atoms with E-state index in [0.717, 1.165) is 5.69 Å². The number of methoxy groups -OCH3 is 1. The average Bonchev–Trinajstić information content (AvgIpc) is 2.20. The molecule has 0 saturated carbocycles. The van der Waals surface area contributed by atoms with E-state index >= 15 is 0 Å². The first-order valence-corrected chi connectivity index (χ1v) is 5.10. The maximum absolute atomic E-state index is 5.80. The Morgan fingerprint density at radius 1 is 1.53 bits per heavy atom. The third-order valence-corrected chi connectivity index (χ3v) is 2.34. The van der Waals surface area contributed by atoms with Crippen molar-refractivity contribution in [1.29, 1.82) is 0 Å². The third-order valence-electron chi connectivity index (χ3n) is 2.34. The number of rotatable bonds is 5. The van der Waals surface area contributed by atoms with Crippen LogP contribution in [0.2, 0.25) is 0 Å². The fraction of sp³-hybridized carbons (Fsp3) is 0.545. The van der Waals surface area contributed by atoms with Crippen molar-refractivity contribution >= 4 is 11.4 Å². The van der Waals surface area contributed by atoms with Crippen molar-refractivity contribution in [3.63, 3.8) is 0 Å². The van der Waals surface area contributed by atoms with E-state index in [4.69, 9.17) is 10.5 Å². The van der Waals surface area contributed by atoms with E-state index in [-0.39, 0.29) is 6.04 Å². The van der Waals surface area contributed by atoms with Crippen molar-refractivity contribution in [3.8, 4) is 0 Å². The van der Waals surface area contributed by atoms with Gasteiger partial charge in [0.15, 0.2) is 0 Å². The minimum absolute atomic E-state index is 0.264. The van der Waals surface area contributed by atoms with Gasteiger partial charge in [-0.15, -0.1) is 0 Å². The second kappa shape index (κ2) is 5.56. The standard InChI is InChI=1S/C11H19N3O/c1-8(2)11(7-15-3)14-10-4-5-13-6-9(10)12/h4-6,8,11H,7,12H2,1-3H3,(H,13,14). The Kier molecular flexibility index (Phi) is 4.37. The van der Waals surface area contributed by atoms with Crippen LogP contribution < -0.4 is 11.1 Å². The van der Waals surface area contributed by atoms with Gasteiger partial charge in [0.05, 0.1) is 30.2 Å². The molecule has 1 heterocycles. The topological polar surface area (TPSA) is 60.2 Å². The molecule has 1 unspecified atom stereocenters. The van der Waals surface area contributed by atoms with Gasteiger partial charge < -0.3 is 15.8 Å². The second-order valence-electron chi connectivity index (χ2n) is 3.91. The van der Waals surface area contributed by atoms with Crippen LogP contribution in [-0.2, 0) is 4.74 Å². The smallest absolute Gasteiger partial charge is 0.0736 e. The molecule has 0 radical (unpaired) electrons. The summed E-state index contributed by atoms with van der Waals surface area (Å²) in [7, 11) is 1.70. The molecule has 0 bridgehead atoms. The molecule has 0 saturated heterocycles. The van der Waals surface area contributed by atoms with E-state index in [2.05, 4.69) is 24.1 Å². The zero-order valence-corrected chi connectivity index (χ0v) is 9.53. The van der Waals surface area contributed by atoms with Gasteiger partial charge in [-0.25, -0.2) is 0 Å². The summed E-state index contributed by atoms with van der Waals surface area (Å²) in [6, 6.07) is 2.14. The number of nitrogens with zero attached hydrogens (tertiary/aromatic N) is 1. The van der Waals surface area contributed by atoms with Crippen LogP contribution in [0.25, 0.3) is 0 Å². The highest BCUT2D eigenvalue weighted by Gasteiger charge is 2.13. The zero-order chi connectivity index (χ0) is 11.3. The van der Waals surface area contributed by atoms with Crippen LogP contribution in [0.3, 0.4) is 0 Å². The number of hydrogen-bond donors (Lipinski definition) is 2. The van der Waals surface area contributed by atoms with E-state index in [1.807, 2.05) is 6.07 Å². The molecule has 4 nitrogen and oxygen atoms in total. The van der Waals surface area contributed by atoms with Gasteiger partial charge in [0.25, 0.3) is 0 Å². The minimum Gasteiger partial charge on any atom is -0.396 e. The molecule has 1 aromatic rings. The van der Waals surface area contributed by atoms with Gasteiger partial charge in [0.2, 0.25) is 0 Å². The van der Waals surface area contributed by atoms with Crippen molar-refractivity contribution in [2.75, 3.05) is 24.8 Å². The summed E-state index contributed by atoms with van der Waals surface area (Å²) < 4.78 is 5.16. The molecule has 84 valence electrons. The molecule has 1 rings (SSSR count). The maximum Gasteiger partial charge on any atom is 0.0736 e. The molecule has 0 spiro atoms. The number of pyridine rings is 1. The Morgan fingerprint density at radius 3 is 2.80 bits per heavy atom. The van der Waals surface area contributed by atoms with Crippen molar-refractivity contribution in [2.24, 2.45) is 5.92 Å². The van der Waals surface area contributed by atoms with Crippen LogP contribution in [0.1, 0.15) is 13.8 Å². The predicted molar refractivity (Wildman–Crippen MR) is 62.8 cm³/mol. The van der Waals surface area contributed by atoms with Crippen LogP contribution in [0.4, 0.5) is 11.4 Å². The first kappa shape index (κ1) is 11.8. The quantitative estimate of drug-likeness (QED) is 0.775. The highest BCUT2D eigenvalue weighted by molar-refractivity contribution is 5.64. The first-order chi connectivity index (χ1) is 7.15. The molecule has 4 heteroatoms. The van der Waals surface area contributed by atoms with E-state index in [9.17, 15) is 0 Å². The van der Waals surface area contributed by atoms with Crippen molar-refractivity contribution in [1.82, 2.24) is 4.98 Å². The molecule has 0 fully saturated rings. The molecule has 1 atom stereocenters. The predicted octanol–water partition coefficient (Wildman–Crippen LogP) is 1.75. The summed E-state index contributed by atoms with van der Waals surface area (Å²) in [4.78, 5) is 3.95. The van der Waals surface area contributed by atoms with Crippen molar-refractivity contribution < 1.29 is 4.74 Å². The number of aromatic nitrogens is 1. The molecule has 0 aliphatic rings. The van der Waals surface area contributed by atoms with E-state index in [1.165, 1.54) is 0 Å². The summed E-state index contributed by atoms with van der Waals surface area (Å²) in [5.74, 6) is 0.484. The Labute approximate surface area is 90.8 Å². The Morgan fingerprint density at radius 2 is 2.27 bits per heavy atom. The van der Waals surface area contributed by atoms with Crippen molar-refractivity contribution in [2.45, 2.75) is 19.9 Å². The summed E-state index contributed by atoms with van der Waals surface area (Å²) in [6.45, 7) is 4.96. The van der Waals surface area contributed by atoms with Crippen LogP contribution in [-0.4, -0.2) is 24.7 Å². The fourth-order valence-electron chi connectivity index (χ4n) is 1.32. The zero-order valence-electron chi connectivity index (χ0n) is 9.53. The number of ether oxygens (including phenoxy) is 1. The molecule has 3 N–H and O–H groups in total. The Bertz CT molecular complexity index is 302. The lowest BCUT2D eigenvalue weighted by Crippen LogP contribution is -2.30. The summed E-state index contributed by atoms with van der Waals surface area (Å²) in [5.41, 5.74) is 7.38. The molecular weight excluding hydrogens is 190 g/mol. The van der Waals surface area contributed by atoms with Gasteiger partial charge >= 0.3 is 0 Å². The van der Waals surface area contributed by atoms with E-state index in [1.54, 1.807) is 19.5 Å². The second-order valence-corrected chi connectivity index (χ2v) is 3.91. The van der Waals surface area contributed by atoms with Crippen LogP contribution >= 0.6 is 0 Å². The summed E-state index contributed by atoms with van der Waals surface area (Å²) in [6.07, 6.45) is 3.37. The van der Waals surface area contributed by atoms with Gasteiger partial charge in [0.1, 0.15) is 0 Å². The summed E-state index contributed by atoms with van der Waals surface area (Å²) in [5, 5.41) is 3.36. The normalized spacial score (nSPS) is 12.8. The lowest BCUT2D eigenvalue weighted by atomic mass is 10.1. The molecular formula is C11H19N3O. The van der Waals surface area contributed by atoms with Gasteiger partial charge in [-0.05, 0) is 12.0 Å². The van der Waals surface area contributed by atoms with Crippen LogP contribution in [0, 0.1) is 5.92 Å². The number of nitrogen functional groups attached to an aromatic ring is 1. The third kappa shape index (κ3) is 3.40. The lowest BCUT2D eigenvalue weighted by molar-refractivity contribution is 0.171. The lowest BCUT2D eigenvalue weighted by Gasteiger charge is -2.23. The number of anilines is 2. The fourth-order valence-corrected chi connectivity index (χ4v) is 1.32. The Hall–Kier alpha value is -1.29. The van der Waals surface area contributed by atoms with Crippen LogP contribution in [0.5, 0.6) is 0 Å². The average molecular weight is 209 g/mol. The van der Waals surface area contributed by atoms with E-state index in [0.29, 0.717) is 18.2 Å². The summed E-state index contributed by atoms with van der Waals surface area (Å²) >= 11 is 0. The Balaban J connectivity index is 2.69. The molecule has 1 aromatic heterocycles. The molecule has 0 aliphatic heterocycles. The highest BCUT2D eigenvalue weighted by Crippen LogP contribution is 2.18. The van der Waals surface area contributed by atoms with Crippen molar-refractivity contribution in [3.05, 3.63) is 18.5 Å². The molecule has 15 heavy (non-hydrogen) atoms. The van der Waals surface area contributed by atoms with Gasteiger partial charge in [-0.2, -0.15) is 0 Å². The molecule has 0 aliphatic carbocycles. The van der Waals surface area contributed by atoms with Crippen LogP contribution in [0.15, 0.2) is 18.5 Å². The molecule has 0 amide bonds. The van der Waals surface area contributed by atoms with Gasteiger partial charge in [-0.3, -0.25) is 4.98 Å². The monoisotopic (exact) mass is 209 g/mol. The number of nitrogens with one attached hydrogen (secondary N) is 1. The maximum atomic E-state index is 5.80. The van der Waals surface area contributed by atoms with Gasteiger partial charge in [-0.1, -0.05) is 13.8 Å². The SMILES string of the molecule is COCC(Nc1ccncc1N)C(C)C. The number of nitrogens with two attached hydrogens (primary N) is 1. The first-order valence-electron chi connectivity index (χ1n) is 5.10. The largest absolute Gasteiger partial charge is 0.396 e. The minimum atomic E-state index is 0.264.